The summed E-state index contributed by atoms with van der Waals surface area (Å²) in [5.41, 5.74) is 7.63. The van der Waals surface area contributed by atoms with Crippen molar-refractivity contribution >= 4 is 45.1 Å². The van der Waals surface area contributed by atoms with Crippen LogP contribution in [0.15, 0.2) is 132 Å². The smallest absolute Gasteiger partial charge is 0.340 e. The minimum absolute atomic E-state index is 0.0431. The minimum atomic E-state index is -4.23. The summed E-state index contributed by atoms with van der Waals surface area (Å²) in [5.74, 6) is -2.56. The van der Waals surface area contributed by atoms with Crippen molar-refractivity contribution in [3.63, 3.8) is 0 Å². The summed E-state index contributed by atoms with van der Waals surface area (Å²) in [5, 5.41) is 13.6. The van der Waals surface area contributed by atoms with Crippen molar-refractivity contribution in [2.24, 2.45) is 5.73 Å². The molecule has 272 valence electrons. The number of carbonyl (C=O) groups excluding carboxylic acids is 3. The summed E-state index contributed by atoms with van der Waals surface area (Å²) >= 11 is 0. The van der Waals surface area contributed by atoms with Gasteiger partial charge in [-0.2, -0.15) is 0 Å². The van der Waals surface area contributed by atoms with Crippen LogP contribution in [0.5, 0.6) is 11.5 Å². The fraction of sp³-hybridized carbons (Fsp3) is 0.128. The third-order valence-electron chi connectivity index (χ3n) is 7.85. The molecule has 6 N–H and O–H groups in total. The molecule has 0 saturated carbocycles. The maximum absolute atomic E-state index is 14.5. The van der Waals surface area contributed by atoms with Crippen molar-refractivity contribution in [3.05, 3.63) is 150 Å². The number of sulfonamides is 1. The van der Waals surface area contributed by atoms with E-state index in [1.54, 1.807) is 72.8 Å². The number of ether oxygens (including phenoxy) is 3. The van der Waals surface area contributed by atoms with Gasteiger partial charge in [0.25, 0.3) is 10.0 Å². The standard InChI is InChI=1S/C39H37N5O8S/c1-25(45)52-39(47)35(27-14-8-4-9-15-27)43-38(46)36(42-29-20-18-28(19-21-29)37(40)41)31-22-33(50-2)34(51-24-26-12-6-3-7-13-26)23-32(31)44-53(48,49)30-16-10-5-11-17-30/h3-23,35-36,42,44H,24H2,1-2H3,(H3,40,41)(H,43,46)/t35?,36-/m0/s1. The number of nitrogen functional groups attached to an aromatic ring is 1. The highest BCUT2D eigenvalue weighted by atomic mass is 32.2. The van der Waals surface area contributed by atoms with Crippen molar-refractivity contribution in [1.29, 1.82) is 5.41 Å². The van der Waals surface area contributed by atoms with Gasteiger partial charge in [-0.15, -0.1) is 0 Å². The van der Waals surface area contributed by atoms with E-state index >= 15 is 0 Å². The van der Waals surface area contributed by atoms with Crippen LogP contribution in [0, 0.1) is 5.41 Å². The maximum Gasteiger partial charge on any atom is 0.340 e. The van der Waals surface area contributed by atoms with Crippen LogP contribution in [-0.4, -0.2) is 39.2 Å². The molecule has 0 spiro atoms. The number of esters is 2. The van der Waals surface area contributed by atoms with E-state index < -0.39 is 40.0 Å². The first kappa shape index (κ1) is 37.6. The molecule has 0 aliphatic rings. The molecule has 0 radical (unpaired) electrons. The quantitative estimate of drug-likeness (QED) is 0.0398. The van der Waals surface area contributed by atoms with Crippen molar-refractivity contribution in [2.75, 3.05) is 17.1 Å². The Morgan fingerprint density at radius 2 is 1.40 bits per heavy atom. The Morgan fingerprint density at radius 1 is 0.792 bits per heavy atom. The molecular formula is C39H37N5O8S. The van der Waals surface area contributed by atoms with E-state index in [1.807, 2.05) is 30.3 Å². The van der Waals surface area contributed by atoms with Crippen molar-refractivity contribution in [1.82, 2.24) is 5.32 Å². The Kier molecular flexibility index (Phi) is 12.1. The molecule has 5 aromatic rings. The number of benzene rings is 5. The third-order valence-corrected chi connectivity index (χ3v) is 9.23. The first-order chi connectivity index (χ1) is 25.4. The summed E-state index contributed by atoms with van der Waals surface area (Å²) in [7, 11) is -2.84. The number of methoxy groups -OCH3 is 1. The molecule has 0 aliphatic carbocycles. The fourth-order valence-corrected chi connectivity index (χ4v) is 6.36. The first-order valence-electron chi connectivity index (χ1n) is 16.2. The van der Waals surface area contributed by atoms with E-state index in [0.717, 1.165) is 12.5 Å². The molecule has 14 heteroatoms. The van der Waals surface area contributed by atoms with Crippen LogP contribution < -0.4 is 30.6 Å². The number of nitrogens with one attached hydrogen (secondary N) is 4. The van der Waals surface area contributed by atoms with E-state index in [4.69, 9.17) is 25.4 Å². The molecule has 0 bridgehead atoms. The van der Waals surface area contributed by atoms with Gasteiger partial charge in [-0.3, -0.25) is 19.7 Å². The number of rotatable bonds is 15. The number of amidine groups is 1. The summed E-state index contributed by atoms with van der Waals surface area (Å²) in [4.78, 5) is 39.5. The van der Waals surface area contributed by atoms with Gasteiger partial charge in [0.1, 0.15) is 18.5 Å². The molecule has 5 rings (SSSR count). The molecule has 0 aromatic heterocycles. The van der Waals surface area contributed by atoms with Crippen molar-refractivity contribution in [2.45, 2.75) is 30.5 Å². The lowest BCUT2D eigenvalue weighted by Crippen LogP contribution is -2.40. The van der Waals surface area contributed by atoms with Crippen LogP contribution in [0.25, 0.3) is 0 Å². The van der Waals surface area contributed by atoms with E-state index in [1.165, 1.54) is 31.4 Å². The summed E-state index contributed by atoms with van der Waals surface area (Å²) in [6, 6.07) is 31.4. The zero-order valence-electron chi connectivity index (χ0n) is 28.7. The van der Waals surface area contributed by atoms with E-state index in [9.17, 15) is 22.8 Å². The zero-order chi connectivity index (χ0) is 38.0. The second kappa shape index (κ2) is 17.0. The average Bonchev–Trinajstić information content (AvgIpc) is 3.16. The Bertz CT molecular complexity index is 2180. The fourth-order valence-electron chi connectivity index (χ4n) is 5.26. The van der Waals surface area contributed by atoms with Gasteiger partial charge < -0.3 is 30.6 Å². The Labute approximate surface area is 306 Å². The monoisotopic (exact) mass is 735 g/mol. The lowest BCUT2D eigenvalue weighted by molar-refractivity contribution is -0.160. The second-order valence-corrected chi connectivity index (χ2v) is 13.3. The molecule has 0 saturated heterocycles. The normalized spacial score (nSPS) is 12.0. The number of hydrogen-bond acceptors (Lipinski definition) is 10. The molecule has 13 nitrogen and oxygen atoms in total. The molecule has 53 heavy (non-hydrogen) atoms. The van der Waals surface area contributed by atoms with Crippen LogP contribution >= 0.6 is 0 Å². The molecule has 1 unspecified atom stereocenters. The van der Waals surface area contributed by atoms with Gasteiger partial charge in [-0.25, -0.2) is 13.2 Å². The summed E-state index contributed by atoms with van der Waals surface area (Å²) in [6.45, 7) is 1.18. The van der Waals surface area contributed by atoms with Gasteiger partial charge in [0.2, 0.25) is 5.91 Å². The van der Waals surface area contributed by atoms with Gasteiger partial charge in [-0.05, 0) is 53.6 Å². The number of anilines is 2. The lowest BCUT2D eigenvalue weighted by Gasteiger charge is -2.26. The van der Waals surface area contributed by atoms with Gasteiger partial charge in [-0.1, -0.05) is 78.9 Å². The van der Waals surface area contributed by atoms with Crippen LogP contribution in [0.2, 0.25) is 0 Å². The number of amides is 1. The van der Waals surface area contributed by atoms with E-state index in [-0.39, 0.29) is 40.1 Å². The molecule has 0 aliphatic heterocycles. The van der Waals surface area contributed by atoms with E-state index in [0.29, 0.717) is 16.8 Å². The van der Waals surface area contributed by atoms with Crippen LogP contribution in [0.1, 0.15) is 41.3 Å². The predicted molar refractivity (Wildman–Crippen MR) is 199 cm³/mol. The van der Waals surface area contributed by atoms with Crippen LogP contribution in [-0.2, 0) is 35.8 Å². The summed E-state index contributed by atoms with van der Waals surface area (Å²) < 4.78 is 46.8. The molecule has 1 amide bonds. The van der Waals surface area contributed by atoms with Crippen molar-refractivity contribution < 1.29 is 37.0 Å². The molecule has 2 atom stereocenters. The Morgan fingerprint density at radius 3 is 1.98 bits per heavy atom. The Balaban J connectivity index is 1.65. The zero-order valence-corrected chi connectivity index (χ0v) is 29.6. The van der Waals surface area contributed by atoms with Gasteiger partial charge in [0.05, 0.1) is 17.7 Å². The average molecular weight is 736 g/mol. The second-order valence-electron chi connectivity index (χ2n) is 11.6. The van der Waals surface area contributed by atoms with Crippen LogP contribution in [0.3, 0.4) is 0 Å². The highest BCUT2D eigenvalue weighted by Crippen LogP contribution is 2.39. The summed E-state index contributed by atoms with van der Waals surface area (Å²) in [6.07, 6.45) is 0. The Hall–Kier alpha value is -6.67. The van der Waals surface area contributed by atoms with Gasteiger partial charge >= 0.3 is 11.9 Å². The van der Waals surface area contributed by atoms with Crippen molar-refractivity contribution in [3.8, 4) is 11.5 Å². The number of carbonyl (C=O) groups is 3. The highest BCUT2D eigenvalue weighted by molar-refractivity contribution is 7.92. The lowest BCUT2D eigenvalue weighted by atomic mass is 10.0. The number of nitrogens with two attached hydrogens (primary N) is 1. The van der Waals surface area contributed by atoms with Crippen LogP contribution in [0.4, 0.5) is 11.4 Å². The molecule has 5 aromatic carbocycles. The molecule has 0 fully saturated rings. The topological polar surface area (TPSA) is 199 Å². The third kappa shape index (κ3) is 9.77. The van der Waals surface area contributed by atoms with Gasteiger partial charge in [0, 0.05) is 29.8 Å². The first-order valence-corrected chi connectivity index (χ1v) is 17.7. The maximum atomic E-state index is 14.5. The molecular weight excluding hydrogens is 699 g/mol. The predicted octanol–water partition coefficient (Wildman–Crippen LogP) is 5.46. The largest absolute Gasteiger partial charge is 0.493 e. The number of hydrogen-bond donors (Lipinski definition) is 5. The van der Waals surface area contributed by atoms with E-state index in [2.05, 4.69) is 15.4 Å². The molecule has 0 heterocycles. The van der Waals surface area contributed by atoms with Gasteiger partial charge in [0.15, 0.2) is 17.5 Å². The SMILES string of the molecule is COc1cc([C@H](Nc2ccc(C(=N)N)cc2)C(=O)NC(C(=O)OC(C)=O)c2ccccc2)c(NS(=O)(=O)c2ccccc2)cc1OCc1ccccc1. The minimum Gasteiger partial charge on any atom is -0.493 e. The highest BCUT2D eigenvalue weighted by Gasteiger charge is 2.33.